The van der Waals surface area contributed by atoms with Crippen LogP contribution in [0.5, 0.6) is 0 Å². The molecular weight excluding hydrogens is 244 g/mol. The molecule has 1 aromatic heterocycles. The Balaban J connectivity index is 2.17. The summed E-state index contributed by atoms with van der Waals surface area (Å²) in [5, 5.41) is 2.63. The monoisotopic (exact) mass is 258 g/mol. The van der Waals surface area contributed by atoms with Gasteiger partial charge in [0.25, 0.3) is 0 Å². The van der Waals surface area contributed by atoms with Gasteiger partial charge in [0.2, 0.25) is 0 Å². The molecule has 0 radical (unpaired) electrons. The maximum Gasteiger partial charge on any atom is 0.187 e. The van der Waals surface area contributed by atoms with Crippen LogP contribution in [0, 0.1) is 6.92 Å². The van der Waals surface area contributed by atoms with Gasteiger partial charge in [-0.2, -0.15) is 11.8 Å². The van der Waals surface area contributed by atoms with Crippen molar-refractivity contribution in [3.05, 3.63) is 21.9 Å². The zero-order chi connectivity index (χ0) is 10.8. The number of thioether (sulfide) groups is 2. The molecule has 0 spiro atoms. The Morgan fingerprint density at radius 2 is 2.13 bits per heavy atom. The molecule has 0 aromatic carbocycles. The van der Waals surface area contributed by atoms with E-state index in [1.165, 1.54) is 5.75 Å². The Bertz CT molecular complexity index is 358. The predicted molar refractivity (Wildman–Crippen MR) is 71.6 cm³/mol. The summed E-state index contributed by atoms with van der Waals surface area (Å²) < 4.78 is 0. The lowest BCUT2D eigenvalue weighted by Crippen LogP contribution is -2.31. The largest absolute Gasteiger partial charge is 0.292 e. The lowest BCUT2D eigenvalue weighted by Gasteiger charge is -2.26. The van der Waals surface area contributed by atoms with Crippen molar-refractivity contribution in [1.82, 2.24) is 0 Å². The zero-order valence-corrected chi connectivity index (χ0v) is 11.3. The Morgan fingerprint density at radius 1 is 1.40 bits per heavy atom. The van der Waals surface area contributed by atoms with E-state index in [1.807, 2.05) is 41.9 Å². The topological polar surface area (TPSA) is 17.1 Å². The molecule has 15 heavy (non-hydrogen) atoms. The molecule has 0 bridgehead atoms. The van der Waals surface area contributed by atoms with Gasteiger partial charge in [-0.1, -0.05) is 6.92 Å². The number of hydrogen-bond acceptors (Lipinski definition) is 4. The van der Waals surface area contributed by atoms with Crippen molar-refractivity contribution in [1.29, 1.82) is 0 Å². The van der Waals surface area contributed by atoms with E-state index in [2.05, 4.69) is 6.92 Å². The second-order valence-corrected chi connectivity index (χ2v) is 7.32. The second kappa shape index (κ2) is 4.93. The number of hydrogen-bond donors (Lipinski definition) is 0. The predicted octanol–water partition coefficient (Wildman–Crippen LogP) is 3.48. The molecule has 1 aliphatic heterocycles. The summed E-state index contributed by atoms with van der Waals surface area (Å²) in [6.07, 6.45) is 0. The molecule has 1 aromatic rings. The molecule has 2 unspecified atom stereocenters. The number of rotatable bonds is 2. The van der Waals surface area contributed by atoms with E-state index in [0.717, 1.165) is 16.2 Å². The van der Waals surface area contributed by atoms with Crippen molar-refractivity contribution < 1.29 is 4.79 Å². The van der Waals surface area contributed by atoms with Gasteiger partial charge in [-0.05, 0) is 23.9 Å². The third-order valence-electron chi connectivity index (χ3n) is 2.53. The van der Waals surface area contributed by atoms with Gasteiger partial charge in [-0.25, -0.2) is 0 Å². The average molecular weight is 258 g/mol. The van der Waals surface area contributed by atoms with E-state index in [1.54, 1.807) is 11.3 Å². The number of aryl methyl sites for hydroxylation is 1. The Labute approximate surface area is 103 Å². The first-order valence-corrected chi connectivity index (χ1v) is 7.99. The Kier molecular flexibility index (Phi) is 3.80. The first-order valence-electron chi connectivity index (χ1n) is 5.01. The van der Waals surface area contributed by atoms with E-state index in [4.69, 9.17) is 0 Å². The van der Waals surface area contributed by atoms with Gasteiger partial charge in [-0.15, -0.1) is 23.1 Å². The van der Waals surface area contributed by atoms with Crippen LogP contribution in [0.4, 0.5) is 0 Å². The van der Waals surface area contributed by atoms with Crippen LogP contribution in [0.1, 0.15) is 22.2 Å². The van der Waals surface area contributed by atoms with E-state index in [-0.39, 0.29) is 5.25 Å². The van der Waals surface area contributed by atoms with Crippen LogP contribution in [0.3, 0.4) is 0 Å². The fourth-order valence-corrected chi connectivity index (χ4v) is 5.36. The molecule has 0 amide bonds. The highest BCUT2D eigenvalue weighted by molar-refractivity contribution is 8.07. The fourth-order valence-electron chi connectivity index (χ4n) is 1.68. The smallest absolute Gasteiger partial charge is 0.187 e. The van der Waals surface area contributed by atoms with E-state index >= 15 is 0 Å². The van der Waals surface area contributed by atoms with Crippen LogP contribution in [-0.2, 0) is 0 Å². The normalized spacial score (nSPS) is 26.5. The molecule has 82 valence electrons. The van der Waals surface area contributed by atoms with Crippen LogP contribution in [0.25, 0.3) is 0 Å². The highest BCUT2D eigenvalue weighted by Crippen LogP contribution is 2.34. The number of Topliss-reactive ketones (excluding diaryl/α,β-unsaturated/α-hetero) is 1. The Morgan fingerprint density at radius 3 is 2.73 bits per heavy atom. The van der Waals surface area contributed by atoms with Crippen molar-refractivity contribution in [2.75, 3.05) is 11.5 Å². The van der Waals surface area contributed by atoms with Gasteiger partial charge < -0.3 is 0 Å². The Hall–Kier alpha value is 0.0700. The minimum absolute atomic E-state index is 0.168. The lowest BCUT2D eigenvalue weighted by atomic mass is 10.1. The summed E-state index contributed by atoms with van der Waals surface area (Å²) in [7, 11) is 0. The van der Waals surface area contributed by atoms with Gasteiger partial charge in [0.05, 0.1) is 10.1 Å². The van der Waals surface area contributed by atoms with Gasteiger partial charge in [0.1, 0.15) is 0 Å². The third-order valence-corrected chi connectivity index (χ3v) is 6.65. The molecule has 2 atom stereocenters. The van der Waals surface area contributed by atoms with E-state index in [9.17, 15) is 4.79 Å². The molecule has 1 saturated heterocycles. The zero-order valence-electron chi connectivity index (χ0n) is 8.86. The summed E-state index contributed by atoms with van der Waals surface area (Å²) in [6.45, 7) is 4.19. The van der Waals surface area contributed by atoms with Crippen LogP contribution in [0.15, 0.2) is 11.4 Å². The van der Waals surface area contributed by atoms with Crippen molar-refractivity contribution in [2.45, 2.75) is 24.3 Å². The summed E-state index contributed by atoms with van der Waals surface area (Å²) in [4.78, 5) is 13.2. The van der Waals surface area contributed by atoms with E-state index in [0.29, 0.717) is 11.0 Å². The first-order chi connectivity index (χ1) is 7.20. The van der Waals surface area contributed by atoms with E-state index < -0.39 is 0 Å². The van der Waals surface area contributed by atoms with Crippen LogP contribution in [-0.4, -0.2) is 27.8 Å². The molecule has 1 fully saturated rings. The van der Waals surface area contributed by atoms with Gasteiger partial charge in [0, 0.05) is 16.8 Å². The molecular formula is C11H14OS3. The minimum Gasteiger partial charge on any atom is -0.292 e. The summed E-state index contributed by atoms with van der Waals surface area (Å²) in [5.41, 5.74) is 1.13. The molecule has 0 saturated carbocycles. The summed E-state index contributed by atoms with van der Waals surface area (Å²) in [5.74, 6) is 2.63. The maximum atomic E-state index is 12.3. The average Bonchev–Trinajstić information content (AvgIpc) is 2.64. The van der Waals surface area contributed by atoms with Gasteiger partial charge in [0.15, 0.2) is 5.78 Å². The molecule has 4 heteroatoms. The maximum absolute atomic E-state index is 12.3. The second-order valence-electron chi connectivity index (χ2n) is 3.66. The number of ketones is 1. The van der Waals surface area contributed by atoms with Crippen molar-refractivity contribution in [3.63, 3.8) is 0 Å². The summed E-state index contributed by atoms with van der Waals surface area (Å²) >= 11 is 5.32. The highest BCUT2D eigenvalue weighted by atomic mass is 32.2. The molecule has 0 aliphatic carbocycles. The van der Waals surface area contributed by atoms with Gasteiger partial charge >= 0.3 is 0 Å². The lowest BCUT2D eigenvalue weighted by molar-refractivity contribution is 0.0993. The van der Waals surface area contributed by atoms with Gasteiger partial charge in [-0.3, -0.25) is 4.79 Å². The molecule has 2 heterocycles. The standard InChI is InChI=1S/C11H14OS3/c1-7-3-4-14-10(7)9(12)11-8(2)13-5-6-15-11/h3-4,8,11H,5-6H2,1-2H3. The van der Waals surface area contributed by atoms with Crippen LogP contribution >= 0.6 is 34.9 Å². The SMILES string of the molecule is Cc1ccsc1C(=O)C1SCCSC1C. The number of thiophene rings is 1. The first kappa shape index (κ1) is 11.6. The van der Waals surface area contributed by atoms with Crippen molar-refractivity contribution in [2.24, 2.45) is 0 Å². The van der Waals surface area contributed by atoms with Crippen LogP contribution < -0.4 is 0 Å². The summed E-state index contributed by atoms with van der Waals surface area (Å²) in [6, 6.07) is 2.03. The third kappa shape index (κ3) is 2.43. The van der Waals surface area contributed by atoms with Crippen LogP contribution in [0.2, 0.25) is 0 Å². The fraction of sp³-hybridized carbons (Fsp3) is 0.545. The molecule has 1 aliphatic rings. The number of carbonyl (C=O) groups excluding carboxylic acids is 1. The molecule has 0 N–H and O–H groups in total. The van der Waals surface area contributed by atoms with Crippen molar-refractivity contribution in [3.8, 4) is 0 Å². The quantitative estimate of drug-likeness (QED) is 0.756. The molecule has 2 rings (SSSR count). The number of carbonyl (C=O) groups is 1. The minimum atomic E-state index is 0.168. The highest BCUT2D eigenvalue weighted by Gasteiger charge is 2.30. The molecule has 1 nitrogen and oxygen atoms in total. The van der Waals surface area contributed by atoms with Crippen molar-refractivity contribution >= 4 is 40.6 Å².